The lowest BCUT2D eigenvalue weighted by molar-refractivity contribution is 0.0651. The fourth-order valence-corrected chi connectivity index (χ4v) is 2.79. The van der Waals surface area contributed by atoms with Crippen molar-refractivity contribution in [3.05, 3.63) is 47.7 Å². The van der Waals surface area contributed by atoms with Gasteiger partial charge in [0.05, 0.1) is 23.7 Å². The molecule has 0 fully saturated rings. The van der Waals surface area contributed by atoms with Crippen LogP contribution in [0.2, 0.25) is 0 Å². The molecule has 0 aliphatic heterocycles. The number of hydrogen-bond donors (Lipinski definition) is 1. The van der Waals surface area contributed by atoms with E-state index in [1.165, 1.54) is 41.9 Å². The summed E-state index contributed by atoms with van der Waals surface area (Å²) < 4.78 is 31.7. The summed E-state index contributed by atoms with van der Waals surface area (Å²) in [5, 5.41) is 4.58. The molecule has 0 aliphatic rings. The molecule has 0 aliphatic carbocycles. The number of oxazole rings is 1. The van der Waals surface area contributed by atoms with E-state index >= 15 is 0 Å². The molecule has 7 nitrogen and oxygen atoms in total. The van der Waals surface area contributed by atoms with Crippen molar-refractivity contribution in [1.29, 1.82) is 0 Å². The van der Waals surface area contributed by atoms with E-state index in [4.69, 9.17) is 4.42 Å². The van der Waals surface area contributed by atoms with Gasteiger partial charge in [-0.25, -0.2) is 14.8 Å². The standard InChI is InChI=1S/C15H15F2N5O2S/c1-21(8-12-18-4-5-22(12)14(16)17)15(23)19-7-10-9-24-13(20-10)11-3-2-6-25-11/h2-6,9,14H,7-8H2,1H3,(H,19,23). The van der Waals surface area contributed by atoms with Gasteiger partial charge in [0.1, 0.15) is 12.1 Å². The highest BCUT2D eigenvalue weighted by Crippen LogP contribution is 2.23. The third-order valence-electron chi connectivity index (χ3n) is 3.39. The minimum atomic E-state index is -2.69. The minimum absolute atomic E-state index is 0.0393. The number of imidazole rings is 1. The van der Waals surface area contributed by atoms with Crippen molar-refractivity contribution in [2.24, 2.45) is 0 Å². The zero-order valence-electron chi connectivity index (χ0n) is 13.2. The fourth-order valence-electron chi connectivity index (χ4n) is 2.13. The minimum Gasteiger partial charge on any atom is -0.443 e. The third kappa shape index (κ3) is 4.02. The van der Waals surface area contributed by atoms with E-state index in [1.807, 2.05) is 17.5 Å². The van der Waals surface area contributed by atoms with E-state index in [9.17, 15) is 13.6 Å². The van der Waals surface area contributed by atoms with Crippen LogP contribution in [0.4, 0.5) is 13.6 Å². The van der Waals surface area contributed by atoms with Crippen molar-refractivity contribution in [3.63, 3.8) is 0 Å². The lowest BCUT2D eigenvalue weighted by Crippen LogP contribution is -2.37. The maximum Gasteiger partial charge on any atom is 0.319 e. The first kappa shape index (κ1) is 17.1. The van der Waals surface area contributed by atoms with Crippen LogP contribution in [-0.4, -0.2) is 32.5 Å². The summed E-state index contributed by atoms with van der Waals surface area (Å²) in [4.78, 5) is 22.4. The van der Waals surface area contributed by atoms with Gasteiger partial charge in [-0.3, -0.25) is 4.57 Å². The Balaban J connectivity index is 1.54. The second-order valence-corrected chi connectivity index (χ2v) is 6.11. The predicted octanol–water partition coefficient (Wildman–Crippen LogP) is 3.34. The van der Waals surface area contributed by atoms with Gasteiger partial charge in [0.25, 0.3) is 0 Å². The van der Waals surface area contributed by atoms with Crippen molar-refractivity contribution < 1.29 is 18.0 Å². The molecule has 0 saturated carbocycles. The van der Waals surface area contributed by atoms with Crippen LogP contribution in [0.3, 0.4) is 0 Å². The Hall–Kier alpha value is -2.75. The molecule has 3 aromatic rings. The quantitative estimate of drug-likeness (QED) is 0.725. The zero-order valence-corrected chi connectivity index (χ0v) is 14.0. The number of aromatic nitrogens is 3. The first-order valence-electron chi connectivity index (χ1n) is 7.31. The Bertz CT molecular complexity index is 831. The smallest absolute Gasteiger partial charge is 0.319 e. The van der Waals surface area contributed by atoms with E-state index in [-0.39, 0.29) is 18.9 Å². The van der Waals surface area contributed by atoms with Crippen LogP contribution in [-0.2, 0) is 13.1 Å². The lowest BCUT2D eigenvalue weighted by Gasteiger charge is -2.17. The van der Waals surface area contributed by atoms with Crippen molar-refractivity contribution >= 4 is 17.4 Å². The fraction of sp³-hybridized carbons (Fsp3) is 0.267. The van der Waals surface area contributed by atoms with Gasteiger partial charge >= 0.3 is 12.6 Å². The average molecular weight is 367 g/mol. The summed E-state index contributed by atoms with van der Waals surface area (Å²) in [5.41, 5.74) is 0.569. The van der Waals surface area contributed by atoms with Crippen LogP contribution in [0.1, 0.15) is 18.1 Å². The van der Waals surface area contributed by atoms with Crippen LogP contribution in [0.25, 0.3) is 10.8 Å². The van der Waals surface area contributed by atoms with Gasteiger partial charge in [0, 0.05) is 19.4 Å². The maximum atomic E-state index is 12.8. The van der Waals surface area contributed by atoms with Gasteiger partial charge in [0.2, 0.25) is 5.89 Å². The Labute approximate surface area is 145 Å². The van der Waals surface area contributed by atoms with Crippen LogP contribution in [0, 0.1) is 0 Å². The molecular formula is C15H15F2N5O2S. The lowest BCUT2D eigenvalue weighted by atomic mass is 10.4. The summed E-state index contributed by atoms with van der Waals surface area (Å²) >= 11 is 1.50. The number of carbonyl (C=O) groups excluding carboxylic acids is 1. The molecule has 132 valence electrons. The zero-order chi connectivity index (χ0) is 17.8. The van der Waals surface area contributed by atoms with Crippen LogP contribution in [0.15, 0.2) is 40.6 Å². The number of nitrogens with one attached hydrogen (secondary N) is 1. The highest BCUT2D eigenvalue weighted by Gasteiger charge is 2.16. The number of hydrogen-bond acceptors (Lipinski definition) is 5. The molecule has 3 aromatic heterocycles. The Morgan fingerprint density at radius 2 is 2.36 bits per heavy atom. The van der Waals surface area contributed by atoms with Gasteiger partial charge < -0.3 is 14.6 Å². The van der Waals surface area contributed by atoms with Gasteiger partial charge in [0.15, 0.2) is 0 Å². The molecule has 0 aromatic carbocycles. The summed E-state index contributed by atoms with van der Waals surface area (Å²) in [6.45, 7) is -2.57. The van der Waals surface area contributed by atoms with Crippen LogP contribution < -0.4 is 5.32 Å². The highest BCUT2D eigenvalue weighted by atomic mass is 32.1. The van der Waals surface area contributed by atoms with Gasteiger partial charge in [-0.05, 0) is 11.4 Å². The number of carbonyl (C=O) groups is 1. The monoisotopic (exact) mass is 367 g/mol. The molecule has 3 rings (SSSR count). The molecule has 0 radical (unpaired) electrons. The number of alkyl halides is 2. The van der Waals surface area contributed by atoms with Crippen molar-refractivity contribution in [3.8, 4) is 10.8 Å². The molecule has 0 unspecified atom stereocenters. The van der Waals surface area contributed by atoms with E-state index in [1.54, 1.807) is 0 Å². The summed E-state index contributed by atoms with van der Waals surface area (Å²) in [5.74, 6) is 0.598. The first-order chi connectivity index (χ1) is 12.0. The highest BCUT2D eigenvalue weighted by molar-refractivity contribution is 7.13. The number of urea groups is 1. The Kier molecular flexibility index (Phi) is 5.08. The van der Waals surface area contributed by atoms with Crippen LogP contribution >= 0.6 is 11.3 Å². The largest absolute Gasteiger partial charge is 0.443 e. The molecule has 0 bridgehead atoms. The summed E-state index contributed by atoms with van der Waals surface area (Å²) in [7, 11) is 1.50. The molecule has 0 spiro atoms. The van der Waals surface area contributed by atoms with Gasteiger partial charge in [-0.1, -0.05) is 6.07 Å². The number of thiophene rings is 1. The second-order valence-electron chi connectivity index (χ2n) is 5.16. The second kappa shape index (κ2) is 7.43. The summed E-state index contributed by atoms with van der Waals surface area (Å²) in [6.07, 6.45) is 3.92. The van der Waals surface area contributed by atoms with Crippen molar-refractivity contribution in [1.82, 2.24) is 24.8 Å². The Morgan fingerprint density at radius 1 is 1.52 bits per heavy atom. The predicted molar refractivity (Wildman–Crippen MR) is 87.0 cm³/mol. The molecule has 10 heteroatoms. The molecule has 0 atom stereocenters. The number of amides is 2. The first-order valence-corrected chi connectivity index (χ1v) is 8.19. The molecular weight excluding hydrogens is 352 g/mol. The normalized spacial score (nSPS) is 11.0. The molecule has 25 heavy (non-hydrogen) atoms. The summed E-state index contributed by atoms with van der Waals surface area (Å²) in [6, 6.07) is 3.35. The molecule has 0 saturated heterocycles. The SMILES string of the molecule is CN(Cc1nccn1C(F)F)C(=O)NCc1coc(-c2cccs2)n1. The van der Waals surface area contributed by atoms with Gasteiger partial charge in [-0.2, -0.15) is 8.78 Å². The van der Waals surface area contributed by atoms with Crippen molar-refractivity contribution in [2.45, 2.75) is 19.6 Å². The molecule has 3 heterocycles. The molecule has 1 N–H and O–H groups in total. The van der Waals surface area contributed by atoms with Crippen LogP contribution in [0.5, 0.6) is 0 Å². The van der Waals surface area contributed by atoms with E-state index < -0.39 is 12.6 Å². The van der Waals surface area contributed by atoms with Gasteiger partial charge in [-0.15, -0.1) is 11.3 Å². The Morgan fingerprint density at radius 3 is 3.08 bits per heavy atom. The average Bonchev–Trinajstić information content (AvgIpc) is 3.32. The number of rotatable bonds is 6. The van der Waals surface area contributed by atoms with Crippen molar-refractivity contribution in [2.75, 3.05) is 7.05 Å². The number of nitrogens with zero attached hydrogens (tertiary/aromatic N) is 4. The van der Waals surface area contributed by atoms with E-state index in [0.29, 0.717) is 16.2 Å². The third-order valence-corrected chi connectivity index (χ3v) is 4.25. The topological polar surface area (TPSA) is 76.2 Å². The van der Waals surface area contributed by atoms with E-state index in [0.717, 1.165) is 4.88 Å². The van der Waals surface area contributed by atoms with E-state index in [2.05, 4.69) is 15.3 Å². The molecule has 2 amide bonds. The maximum absolute atomic E-state index is 12.8. The number of halogens is 2.